The lowest BCUT2D eigenvalue weighted by molar-refractivity contribution is -0.0974. The van der Waals surface area contributed by atoms with E-state index in [4.69, 9.17) is 21.1 Å². The lowest BCUT2D eigenvalue weighted by atomic mass is 9.77. The molecule has 0 aromatic carbocycles. The highest BCUT2D eigenvalue weighted by Gasteiger charge is 2.45. The van der Waals surface area contributed by atoms with E-state index in [0.717, 1.165) is 49.3 Å². The average Bonchev–Trinajstić information content (AvgIpc) is 2.90. The summed E-state index contributed by atoms with van der Waals surface area (Å²) in [6.45, 7) is 4.99. The van der Waals surface area contributed by atoms with Crippen LogP contribution in [-0.4, -0.2) is 31.9 Å². The largest absolute Gasteiger partial charge is 0.381 e. The molecular formula is C18H26ClNO2S. The quantitative estimate of drug-likeness (QED) is 0.865. The second-order valence-electron chi connectivity index (χ2n) is 7.46. The van der Waals surface area contributed by atoms with Crippen LogP contribution in [0.3, 0.4) is 0 Å². The predicted molar refractivity (Wildman–Crippen MR) is 94.4 cm³/mol. The van der Waals surface area contributed by atoms with Crippen molar-refractivity contribution in [2.45, 2.75) is 63.1 Å². The minimum Gasteiger partial charge on any atom is -0.381 e. The van der Waals surface area contributed by atoms with Crippen LogP contribution in [0.5, 0.6) is 0 Å². The Balaban J connectivity index is 1.54. The average molecular weight is 356 g/mol. The number of ether oxygens (including phenoxy) is 2. The minimum absolute atomic E-state index is 0.105. The van der Waals surface area contributed by atoms with Crippen molar-refractivity contribution >= 4 is 22.9 Å². The normalized spacial score (nSPS) is 35.4. The van der Waals surface area contributed by atoms with Gasteiger partial charge in [-0.3, -0.25) is 0 Å². The molecule has 4 rings (SSSR count). The Morgan fingerprint density at radius 3 is 2.96 bits per heavy atom. The summed E-state index contributed by atoms with van der Waals surface area (Å²) >= 11 is 8.05. The summed E-state index contributed by atoms with van der Waals surface area (Å²) in [5, 5.41) is 3.82. The zero-order valence-corrected chi connectivity index (χ0v) is 15.3. The van der Waals surface area contributed by atoms with E-state index in [-0.39, 0.29) is 5.60 Å². The van der Waals surface area contributed by atoms with Crippen LogP contribution in [0.4, 0.5) is 0 Å². The monoisotopic (exact) mass is 355 g/mol. The van der Waals surface area contributed by atoms with Crippen molar-refractivity contribution in [3.8, 4) is 0 Å². The second kappa shape index (κ2) is 6.64. The molecule has 3 nitrogen and oxygen atoms in total. The van der Waals surface area contributed by atoms with E-state index >= 15 is 0 Å². The van der Waals surface area contributed by atoms with Crippen molar-refractivity contribution in [3.05, 3.63) is 20.8 Å². The summed E-state index contributed by atoms with van der Waals surface area (Å²) in [4.78, 5) is 1.40. The van der Waals surface area contributed by atoms with Gasteiger partial charge in [-0.05, 0) is 63.0 Å². The van der Waals surface area contributed by atoms with Crippen molar-refractivity contribution in [3.63, 3.8) is 0 Å². The third-order valence-electron chi connectivity index (χ3n) is 5.63. The Labute approximate surface area is 147 Å². The molecule has 2 saturated heterocycles. The highest BCUT2D eigenvalue weighted by Crippen LogP contribution is 2.48. The molecule has 1 spiro atoms. The maximum atomic E-state index is 6.42. The van der Waals surface area contributed by atoms with E-state index in [9.17, 15) is 0 Å². The lowest BCUT2D eigenvalue weighted by Gasteiger charge is -2.47. The summed E-state index contributed by atoms with van der Waals surface area (Å²) in [5.74, 6) is 0.790. The smallest absolute Gasteiger partial charge is 0.105 e. The number of nitrogens with one attached hydrogen (secondary N) is 1. The first-order valence-electron chi connectivity index (χ1n) is 8.91. The first kappa shape index (κ1) is 16.3. The van der Waals surface area contributed by atoms with Gasteiger partial charge in [0.05, 0.1) is 10.9 Å². The standard InChI is InChI=1S/C18H26ClNO2S/c1-12-10-18(17-14(4-7-22-18)9-16(19)23-17)11-15(20-12)8-13-2-5-21-6-3-13/h9,12-13,15,20H,2-8,10-11H2,1H3. The van der Waals surface area contributed by atoms with Crippen LogP contribution >= 0.6 is 22.9 Å². The van der Waals surface area contributed by atoms with Crippen molar-refractivity contribution in [2.75, 3.05) is 19.8 Å². The number of thiophene rings is 1. The fourth-order valence-electron chi connectivity index (χ4n) is 4.72. The molecule has 3 aliphatic rings. The van der Waals surface area contributed by atoms with Crippen molar-refractivity contribution in [2.24, 2.45) is 5.92 Å². The molecule has 3 atom stereocenters. The van der Waals surface area contributed by atoms with Gasteiger partial charge in [-0.15, -0.1) is 11.3 Å². The van der Waals surface area contributed by atoms with Gasteiger partial charge in [-0.25, -0.2) is 0 Å². The fourth-order valence-corrected chi connectivity index (χ4v) is 6.19. The van der Waals surface area contributed by atoms with Crippen LogP contribution in [0.25, 0.3) is 0 Å². The van der Waals surface area contributed by atoms with Crippen LogP contribution in [0, 0.1) is 5.92 Å². The van der Waals surface area contributed by atoms with Gasteiger partial charge < -0.3 is 14.8 Å². The van der Waals surface area contributed by atoms with Gasteiger partial charge in [0, 0.05) is 30.2 Å². The van der Waals surface area contributed by atoms with Gasteiger partial charge in [-0.1, -0.05) is 11.6 Å². The molecule has 1 aromatic rings. The topological polar surface area (TPSA) is 30.5 Å². The van der Waals surface area contributed by atoms with Crippen LogP contribution < -0.4 is 5.32 Å². The van der Waals surface area contributed by atoms with Crippen LogP contribution in [-0.2, 0) is 21.5 Å². The second-order valence-corrected chi connectivity index (χ2v) is 9.15. The molecule has 1 aromatic heterocycles. The van der Waals surface area contributed by atoms with E-state index in [1.807, 2.05) is 0 Å². The van der Waals surface area contributed by atoms with E-state index in [1.165, 1.54) is 29.7 Å². The molecule has 1 N–H and O–H groups in total. The summed E-state index contributed by atoms with van der Waals surface area (Å²) in [6, 6.07) is 3.18. The SMILES string of the molecule is CC1CC2(CC(CC3CCOCC3)N1)OCCc1cc(Cl)sc12. The number of hydrogen-bond acceptors (Lipinski definition) is 4. The summed E-state index contributed by atoms with van der Waals surface area (Å²) in [6.07, 6.45) is 6.80. The highest BCUT2D eigenvalue weighted by molar-refractivity contribution is 7.16. The molecule has 0 bridgehead atoms. The Kier molecular flexibility index (Phi) is 4.72. The van der Waals surface area contributed by atoms with E-state index in [2.05, 4.69) is 18.3 Å². The Morgan fingerprint density at radius 2 is 2.13 bits per heavy atom. The molecule has 2 fully saturated rings. The zero-order chi connectivity index (χ0) is 15.9. The van der Waals surface area contributed by atoms with Crippen LogP contribution in [0.15, 0.2) is 6.07 Å². The maximum absolute atomic E-state index is 6.42. The van der Waals surface area contributed by atoms with Crippen LogP contribution in [0.2, 0.25) is 4.34 Å². The molecule has 0 radical (unpaired) electrons. The molecular weight excluding hydrogens is 330 g/mol. The molecule has 0 amide bonds. The third kappa shape index (κ3) is 3.34. The number of hydrogen-bond donors (Lipinski definition) is 1. The van der Waals surface area contributed by atoms with Gasteiger partial charge in [-0.2, -0.15) is 0 Å². The van der Waals surface area contributed by atoms with Gasteiger partial charge >= 0.3 is 0 Å². The molecule has 5 heteroatoms. The fraction of sp³-hybridized carbons (Fsp3) is 0.778. The van der Waals surface area contributed by atoms with E-state index in [1.54, 1.807) is 11.3 Å². The Morgan fingerprint density at radius 1 is 1.30 bits per heavy atom. The molecule has 3 aliphatic heterocycles. The number of fused-ring (bicyclic) bond motifs is 2. The van der Waals surface area contributed by atoms with Crippen molar-refractivity contribution in [1.82, 2.24) is 5.32 Å². The molecule has 128 valence electrons. The Bertz CT molecular complexity index is 557. The first-order chi connectivity index (χ1) is 11.1. The zero-order valence-electron chi connectivity index (χ0n) is 13.8. The number of piperidine rings is 1. The highest BCUT2D eigenvalue weighted by atomic mass is 35.5. The van der Waals surface area contributed by atoms with Crippen LogP contribution in [0.1, 0.15) is 49.5 Å². The summed E-state index contributed by atoms with van der Waals surface area (Å²) < 4.78 is 12.8. The molecule has 3 unspecified atom stereocenters. The molecule has 23 heavy (non-hydrogen) atoms. The van der Waals surface area contributed by atoms with Gasteiger partial charge in [0.25, 0.3) is 0 Å². The molecule has 0 saturated carbocycles. The summed E-state index contributed by atoms with van der Waals surface area (Å²) in [7, 11) is 0. The lowest BCUT2D eigenvalue weighted by Crippen LogP contribution is -2.53. The third-order valence-corrected chi connectivity index (χ3v) is 7.13. The van der Waals surface area contributed by atoms with Crippen molar-refractivity contribution in [1.29, 1.82) is 0 Å². The first-order valence-corrected chi connectivity index (χ1v) is 10.1. The minimum atomic E-state index is -0.105. The van der Waals surface area contributed by atoms with E-state index in [0.29, 0.717) is 12.1 Å². The Hall–Kier alpha value is -0.130. The number of halogens is 1. The summed E-state index contributed by atoms with van der Waals surface area (Å²) in [5.41, 5.74) is 1.32. The molecule has 0 aliphatic carbocycles. The van der Waals surface area contributed by atoms with E-state index < -0.39 is 0 Å². The van der Waals surface area contributed by atoms with Crippen molar-refractivity contribution < 1.29 is 9.47 Å². The maximum Gasteiger partial charge on any atom is 0.105 e. The van der Waals surface area contributed by atoms with Gasteiger partial charge in [0.1, 0.15) is 5.60 Å². The predicted octanol–water partition coefficient (Wildman–Crippen LogP) is 4.13. The molecule has 4 heterocycles. The number of rotatable bonds is 2. The van der Waals surface area contributed by atoms with Gasteiger partial charge in [0.2, 0.25) is 0 Å². The van der Waals surface area contributed by atoms with Gasteiger partial charge in [0.15, 0.2) is 0 Å².